The number of ether oxygens (including phenoxy) is 4. The van der Waals surface area contributed by atoms with Crippen LogP contribution in [0.15, 0.2) is 72.9 Å². The molecule has 0 aromatic rings. The molecule has 398 valence electrons. The zero-order valence-electron chi connectivity index (χ0n) is 42.9. The highest BCUT2D eigenvalue weighted by Gasteiger charge is 2.46. The summed E-state index contributed by atoms with van der Waals surface area (Å²) in [4.78, 5) is 25.5. The number of rotatable bonds is 45. The molecule has 1 fully saturated rings. The van der Waals surface area contributed by atoms with Crippen molar-refractivity contribution in [2.24, 2.45) is 0 Å². The molecule has 0 saturated carbocycles. The predicted molar refractivity (Wildman–Crippen MR) is 279 cm³/mol. The van der Waals surface area contributed by atoms with E-state index >= 15 is 0 Å². The molecule has 1 aliphatic heterocycles. The second kappa shape index (κ2) is 45.0. The van der Waals surface area contributed by atoms with Gasteiger partial charge in [0.25, 0.3) is 10.1 Å². The topological polar surface area (TPSA) is 186 Å². The van der Waals surface area contributed by atoms with Gasteiger partial charge in [-0.05, 0) is 51.4 Å². The van der Waals surface area contributed by atoms with Crippen molar-refractivity contribution in [2.75, 3.05) is 19.0 Å². The van der Waals surface area contributed by atoms with Gasteiger partial charge in [0.1, 0.15) is 36.8 Å². The number of carbonyl (C=O) groups is 2. The van der Waals surface area contributed by atoms with Crippen LogP contribution in [0, 0.1) is 0 Å². The molecule has 0 aromatic carbocycles. The number of hydrogen-bond acceptors (Lipinski definition) is 11. The van der Waals surface area contributed by atoms with E-state index < -0.39 is 71.2 Å². The van der Waals surface area contributed by atoms with Crippen LogP contribution in [0.2, 0.25) is 0 Å². The molecule has 0 aromatic heterocycles. The second-order valence-corrected chi connectivity index (χ2v) is 20.0. The summed E-state index contributed by atoms with van der Waals surface area (Å²) in [5.41, 5.74) is 0. The van der Waals surface area contributed by atoms with Crippen LogP contribution in [-0.2, 0) is 38.7 Å². The first-order valence-electron chi connectivity index (χ1n) is 27.0. The van der Waals surface area contributed by atoms with Crippen molar-refractivity contribution >= 4 is 22.1 Å². The van der Waals surface area contributed by atoms with Crippen molar-refractivity contribution in [3.8, 4) is 0 Å². The van der Waals surface area contributed by atoms with E-state index in [0.29, 0.717) is 19.3 Å². The summed E-state index contributed by atoms with van der Waals surface area (Å²) in [6.07, 6.45) is 49.6. The smallest absolute Gasteiger partial charge is 0.306 e. The molecule has 1 heterocycles. The number of carbonyl (C=O) groups excluding carboxylic acids is 2. The Labute approximate surface area is 418 Å². The van der Waals surface area contributed by atoms with Crippen molar-refractivity contribution in [1.29, 1.82) is 0 Å². The Kier molecular flexibility index (Phi) is 41.8. The lowest BCUT2D eigenvalue weighted by Crippen LogP contribution is -2.60. The molecule has 6 atom stereocenters. The highest BCUT2D eigenvalue weighted by molar-refractivity contribution is 7.85. The fourth-order valence-electron chi connectivity index (χ4n) is 7.94. The fourth-order valence-corrected chi connectivity index (χ4v) is 8.63. The Balaban J connectivity index is 2.38. The first kappa shape index (κ1) is 64.1. The summed E-state index contributed by atoms with van der Waals surface area (Å²) in [5.74, 6) is -2.09. The summed E-state index contributed by atoms with van der Waals surface area (Å²) < 4.78 is 54.2. The first-order chi connectivity index (χ1) is 33.5. The Morgan fingerprint density at radius 1 is 0.507 bits per heavy atom. The van der Waals surface area contributed by atoms with Crippen LogP contribution in [0.4, 0.5) is 0 Å². The number of hydrogen-bond donors (Lipinski definition) is 4. The minimum absolute atomic E-state index is 0.0377. The van der Waals surface area contributed by atoms with Gasteiger partial charge in [-0.1, -0.05) is 222 Å². The molecule has 0 spiro atoms. The van der Waals surface area contributed by atoms with Crippen LogP contribution < -0.4 is 0 Å². The zero-order chi connectivity index (χ0) is 50.5. The lowest BCUT2D eigenvalue weighted by Gasteiger charge is -2.40. The third kappa shape index (κ3) is 39.4. The highest BCUT2D eigenvalue weighted by atomic mass is 32.2. The van der Waals surface area contributed by atoms with Gasteiger partial charge in [-0.15, -0.1) is 0 Å². The molecule has 13 heteroatoms. The molecule has 69 heavy (non-hydrogen) atoms. The van der Waals surface area contributed by atoms with Crippen molar-refractivity contribution in [3.05, 3.63) is 72.9 Å². The van der Waals surface area contributed by atoms with Gasteiger partial charge in [0.2, 0.25) is 0 Å². The van der Waals surface area contributed by atoms with Crippen molar-refractivity contribution in [1.82, 2.24) is 0 Å². The maximum Gasteiger partial charge on any atom is 0.306 e. The summed E-state index contributed by atoms with van der Waals surface area (Å²) in [7, 11) is -4.62. The third-order valence-corrected chi connectivity index (χ3v) is 12.8. The molecule has 1 rings (SSSR count). The highest BCUT2D eigenvalue weighted by Crippen LogP contribution is 2.24. The van der Waals surface area contributed by atoms with E-state index in [1.165, 1.54) is 116 Å². The molecule has 4 N–H and O–H groups in total. The molecule has 2 unspecified atom stereocenters. The average Bonchev–Trinajstić information content (AvgIpc) is 3.32. The quantitative estimate of drug-likeness (QED) is 0.0196. The summed E-state index contributed by atoms with van der Waals surface area (Å²) in [6, 6.07) is 0. The van der Waals surface area contributed by atoms with E-state index in [2.05, 4.69) is 74.6 Å². The number of unbranched alkanes of at least 4 members (excludes halogenated alkanes) is 21. The van der Waals surface area contributed by atoms with Crippen LogP contribution in [0.25, 0.3) is 0 Å². The Hall–Kier alpha value is -2.91. The van der Waals surface area contributed by atoms with Crippen molar-refractivity contribution < 1.29 is 56.8 Å². The molecule has 1 aliphatic rings. The summed E-state index contributed by atoms with van der Waals surface area (Å²) in [6.45, 7) is 3.62. The molecule has 0 radical (unpaired) electrons. The molecule has 12 nitrogen and oxygen atoms in total. The van der Waals surface area contributed by atoms with Crippen LogP contribution in [0.5, 0.6) is 0 Å². The van der Waals surface area contributed by atoms with E-state index in [1.807, 2.05) is 12.2 Å². The Morgan fingerprint density at radius 2 is 0.913 bits per heavy atom. The minimum atomic E-state index is -4.62. The first-order valence-corrected chi connectivity index (χ1v) is 28.6. The lowest BCUT2D eigenvalue weighted by atomic mass is 10.00. The van der Waals surface area contributed by atoms with E-state index in [4.69, 9.17) is 18.9 Å². The number of esters is 2. The number of aliphatic hydroxyl groups is 3. The van der Waals surface area contributed by atoms with Crippen molar-refractivity contribution in [3.63, 3.8) is 0 Å². The van der Waals surface area contributed by atoms with Gasteiger partial charge in [0.15, 0.2) is 12.4 Å². The number of aliphatic hydroxyl groups excluding tert-OH is 3. The molecule has 0 bridgehead atoms. The van der Waals surface area contributed by atoms with E-state index in [1.54, 1.807) is 0 Å². The van der Waals surface area contributed by atoms with E-state index in [-0.39, 0.29) is 19.4 Å². The standard InChI is InChI=1S/C56H96O12S/c1-3-5-7-9-11-13-15-17-19-21-23-24-25-27-28-30-32-34-36-38-40-42-44-51(57)65-46-49(47-66-56-55(61)54(60)53(59)50(68-56)48-69(62,63)64)67-52(58)45-43-41-39-37-35-33-31-29-26-22-20-18-16-14-12-10-8-6-4-2/h6,8,12,14,18,20,26,29,33,35,39,41,49-50,53-56,59-61H,3-5,7,9-11,13,15-17,19,21-25,27-28,30-32,34,36-38,40,42-48H2,1-2H3,(H,62,63,64)/b8-6+,14-12+,20-18+,29-26+,35-33+,41-39+/t49-,50-,53-,54?,55?,56+/m1/s1. The molecular formula is C56H96O12S. The van der Waals surface area contributed by atoms with Crippen LogP contribution in [-0.4, -0.2) is 96.0 Å². The number of allylic oxidation sites excluding steroid dienone is 12. The normalized spacial score (nSPS) is 19.7. The van der Waals surface area contributed by atoms with Crippen LogP contribution >= 0.6 is 0 Å². The maximum absolute atomic E-state index is 12.8. The SMILES string of the molecule is CC/C=C/C/C=C/C/C=C/C/C=C/C/C=C/C/C=C/CCC(=O)O[C@H](COC(=O)CCCCCCCCCCCCCCCCCCCCCCCC)CO[C@H]1O[C@H](CS(=O)(=O)O)[C@@H](O)C(O)C1O. The predicted octanol–water partition coefficient (Wildman–Crippen LogP) is 12.6. The van der Waals surface area contributed by atoms with Crippen LogP contribution in [0.3, 0.4) is 0 Å². The molecule has 1 saturated heterocycles. The summed E-state index contributed by atoms with van der Waals surface area (Å²) in [5, 5.41) is 31.0. The van der Waals surface area contributed by atoms with E-state index in [9.17, 15) is 37.9 Å². The van der Waals surface area contributed by atoms with Crippen LogP contribution in [0.1, 0.15) is 213 Å². The molecular weight excluding hydrogens is 897 g/mol. The maximum atomic E-state index is 12.8. The van der Waals surface area contributed by atoms with Gasteiger partial charge < -0.3 is 34.3 Å². The largest absolute Gasteiger partial charge is 0.462 e. The fraction of sp³-hybridized carbons (Fsp3) is 0.750. The Morgan fingerprint density at radius 3 is 1.33 bits per heavy atom. The summed E-state index contributed by atoms with van der Waals surface area (Å²) >= 11 is 0. The monoisotopic (exact) mass is 993 g/mol. The minimum Gasteiger partial charge on any atom is -0.462 e. The van der Waals surface area contributed by atoms with Crippen molar-refractivity contribution in [2.45, 2.75) is 250 Å². The van der Waals surface area contributed by atoms with Gasteiger partial charge in [0, 0.05) is 12.8 Å². The molecule has 0 amide bonds. The zero-order valence-corrected chi connectivity index (χ0v) is 43.7. The van der Waals surface area contributed by atoms with E-state index in [0.717, 1.165) is 51.4 Å². The van der Waals surface area contributed by atoms with Gasteiger partial charge in [0.05, 0.1) is 6.61 Å². The van der Waals surface area contributed by atoms with Gasteiger partial charge in [-0.3, -0.25) is 14.1 Å². The lowest BCUT2D eigenvalue weighted by molar-refractivity contribution is -0.297. The second-order valence-electron chi connectivity index (χ2n) is 18.5. The Bertz CT molecular complexity index is 1540. The van der Waals surface area contributed by atoms with Gasteiger partial charge >= 0.3 is 11.9 Å². The van der Waals surface area contributed by atoms with Gasteiger partial charge in [-0.2, -0.15) is 8.42 Å². The molecule has 0 aliphatic carbocycles. The third-order valence-electron chi connectivity index (χ3n) is 12.1. The van der Waals surface area contributed by atoms with Gasteiger partial charge in [-0.25, -0.2) is 0 Å². The average molecular weight is 993 g/mol.